The van der Waals surface area contributed by atoms with Crippen LogP contribution in [0.15, 0.2) is 4.52 Å². The van der Waals surface area contributed by atoms with Crippen LogP contribution in [0.5, 0.6) is 0 Å². The van der Waals surface area contributed by atoms with E-state index in [9.17, 15) is 0 Å². The van der Waals surface area contributed by atoms with Gasteiger partial charge in [-0.2, -0.15) is 4.98 Å². The van der Waals surface area contributed by atoms with Crippen molar-refractivity contribution in [3.05, 3.63) is 11.7 Å². The van der Waals surface area contributed by atoms with Gasteiger partial charge in [0.2, 0.25) is 5.89 Å². The largest absolute Gasteiger partial charge is 0.378 e. The molecule has 5 nitrogen and oxygen atoms in total. The molecular weight excluding hydrogens is 218 g/mol. The highest BCUT2D eigenvalue weighted by Gasteiger charge is 2.23. The van der Waals surface area contributed by atoms with Gasteiger partial charge in [0.25, 0.3) is 0 Å². The molecular formula is C12H19N3O2. The average Bonchev–Trinajstić information content (AvgIpc) is 3.02. The number of nitrogens with one attached hydrogen (secondary N) is 1. The van der Waals surface area contributed by atoms with Crippen LogP contribution < -0.4 is 5.32 Å². The summed E-state index contributed by atoms with van der Waals surface area (Å²) in [5.74, 6) is 2.00. The summed E-state index contributed by atoms with van der Waals surface area (Å²) in [6.45, 7) is 2.94. The number of ether oxygens (including phenoxy) is 1. The number of hydrogen-bond donors (Lipinski definition) is 1. The van der Waals surface area contributed by atoms with E-state index in [2.05, 4.69) is 15.5 Å². The van der Waals surface area contributed by atoms with Crippen LogP contribution in [-0.4, -0.2) is 35.9 Å². The van der Waals surface area contributed by atoms with Crippen LogP contribution in [0.3, 0.4) is 0 Å². The molecule has 94 valence electrons. The van der Waals surface area contributed by atoms with Crippen molar-refractivity contribution in [2.45, 2.75) is 44.1 Å². The smallest absolute Gasteiger partial charge is 0.231 e. The number of aromatic nitrogens is 2. The first-order valence-corrected chi connectivity index (χ1v) is 6.56. The molecule has 1 N–H and O–H groups in total. The average molecular weight is 237 g/mol. The van der Waals surface area contributed by atoms with Gasteiger partial charge in [-0.1, -0.05) is 5.16 Å². The zero-order valence-corrected chi connectivity index (χ0v) is 10.0. The lowest BCUT2D eigenvalue weighted by Gasteiger charge is -2.18. The maximum absolute atomic E-state index is 5.58. The molecule has 0 aromatic carbocycles. The Morgan fingerprint density at radius 2 is 2.29 bits per heavy atom. The molecule has 2 aliphatic rings. The third-order valence-corrected chi connectivity index (χ3v) is 3.56. The van der Waals surface area contributed by atoms with Crippen LogP contribution in [0.1, 0.15) is 43.3 Å². The summed E-state index contributed by atoms with van der Waals surface area (Å²) in [4.78, 5) is 4.50. The lowest BCUT2D eigenvalue weighted by Crippen LogP contribution is -2.28. The predicted octanol–water partition coefficient (Wildman–Crippen LogP) is 1.26. The first-order valence-electron chi connectivity index (χ1n) is 6.56. The second kappa shape index (κ2) is 5.14. The molecule has 2 fully saturated rings. The molecule has 3 heterocycles. The molecule has 2 saturated heterocycles. The second-order valence-corrected chi connectivity index (χ2v) is 4.93. The summed E-state index contributed by atoms with van der Waals surface area (Å²) in [7, 11) is 0. The molecule has 2 atom stereocenters. The van der Waals surface area contributed by atoms with Crippen LogP contribution in [-0.2, 0) is 11.2 Å². The lowest BCUT2D eigenvalue weighted by atomic mass is 10.00. The van der Waals surface area contributed by atoms with Gasteiger partial charge in [-0.25, -0.2) is 0 Å². The molecule has 0 amide bonds. The molecule has 0 bridgehead atoms. The summed E-state index contributed by atoms with van der Waals surface area (Å²) in [6.07, 6.45) is 5.70. The van der Waals surface area contributed by atoms with Crippen molar-refractivity contribution in [3.8, 4) is 0 Å². The second-order valence-electron chi connectivity index (χ2n) is 4.93. The van der Waals surface area contributed by atoms with E-state index in [0.29, 0.717) is 12.0 Å². The van der Waals surface area contributed by atoms with Gasteiger partial charge >= 0.3 is 0 Å². The van der Waals surface area contributed by atoms with Crippen molar-refractivity contribution in [1.29, 1.82) is 0 Å². The van der Waals surface area contributed by atoms with Gasteiger partial charge in [0, 0.05) is 19.6 Å². The summed E-state index contributed by atoms with van der Waals surface area (Å²) < 4.78 is 10.9. The van der Waals surface area contributed by atoms with Gasteiger partial charge in [0.1, 0.15) is 0 Å². The fourth-order valence-electron chi connectivity index (χ4n) is 2.59. The fourth-order valence-corrected chi connectivity index (χ4v) is 2.59. The molecule has 2 unspecified atom stereocenters. The van der Waals surface area contributed by atoms with Gasteiger partial charge in [-0.15, -0.1) is 0 Å². The SMILES string of the molecule is C1COC(Cc2noc(C3CCCNC3)n2)C1. The van der Waals surface area contributed by atoms with E-state index < -0.39 is 0 Å². The number of hydrogen-bond acceptors (Lipinski definition) is 5. The van der Waals surface area contributed by atoms with Gasteiger partial charge in [-0.3, -0.25) is 0 Å². The number of piperidine rings is 1. The third-order valence-electron chi connectivity index (χ3n) is 3.56. The number of rotatable bonds is 3. The topological polar surface area (TPSA) is 60.2 Å². The van der Waals surface area contributed by atoms with Crippen molar-refractivity contribution >= 4 is 0 Å². The van der Waals surface area contributed by atoms with E-state index >= 15 is 0 Å². The highest BCUT2D eigenvalue weighted by molar-refractivity contribution is 4.97. The molecule has 1 aromatic rings. The van der Waals surface area contributed by atoms with Crippen molar-refractivity contribution in [3.63, 3.8) is 0 Å². The van der Waals surface area contributed by atoms with Gasteiger partial charge in [-0.05, 0) is 32.2 Å². The molecule has 17 heavy (non-hydrogen) atoms. The lowest BCUT2D eigenvalue weighted by molar-refractivity contribution is 0.109. The zero-order chi connectivity index (χ0) is 11.5. The Morgan fingerprint density at radius 3 is 3.06 bits per heavy atom. The minimum absolute atomic E-state index is 0.296. The van der Waals surface area contributed by atoms with Gasteiger partial charge in [0.15, 0.2) is 5.82 Å². The maximum atomic E-state index is 5.58. The van der Waals surface area contributed by atoms with Crippen molar-refractivity contribution in [2.24, 2.45) is 0 Å². The fraction of sp³-hybridized carbons (Fsp3) is 0.833. The van der Waals surface area contributed by atoms with E-state index in [-0.39, 0.29) is 0 Å². The zero-order valence-electron chi connectivity index (χ0n) is 10.0. The van der Waals surface area contributed by atoms with Crippen LogP contribution in [0.25, 0.3) is 0 Å². The third kappa shape index (κ3) is 2.66. The highest BCUT2D eigenvalue weighted by atomic mass is 16.5. The monoisotopic (exact) mass is 237 g/mol. The Hall–Kier alpha value is -0.940. The number of nitrogens with zero attached hydrogens (tertiary/aromatic N) is 2. The normalized spacial score (nSPS) is 29.6. The van der Waals surface area contributed by atoms with Crippen molar-refractivity contribution in [2.75, 3.05) is 19.7 Å². The molecule has 0 spiro atoms. The van der Waals surface area contributed by atoms with Crippen LogP contribution in [0.4, 0.5) is 0 Å². The standard InChI is InChI=1S/C12H19N3O2/c1-3-9(8-13-5-1)12-14-11(15-17-12)7-10-4-2-6-16-10/h9-10,13H,1-8H2. The minimum atomic E-state index is 0.296. The Bertz CT molecular complexity index is 354. The van der Waals surface area contributed by atoms with Crippen LogP contribution in [0, 0.1) is 0 Å². The van der Waals surface area contributed by atoms with E-state index in [4.69, 9.17) is 9.26 Å². The van der Waals surface area contributed by atoms with E-state index in [0.717, 1.165) is 57.1 Å². The Balaban J connectivity index is 1.60. The Labute approximate surface area is 101 Å². The minimum Gasteiger partial charge on any atom is -0.378 e. The van der Waals surface area contributed by atoms with Gasteiger partial charge < -0.3 is 14.6 Å². The molecule has 0 radical (unpaired) electrons. The Kier molecular flexibility index (Phi) is 3.38. The summed E-state index contributed by atoms with van der Waals surface area (Å²) in [6, 6.07) is 0. The van der Waals surface area contributed by atoms with Crippen molar-refractivity contribution in [1.82, 2.24) is 15.5 Å². The van der Waals surface area contributed by atoms with E-state index in [1.807, 2.05) is 0 Å². The predicted molar refractivity (Wildman–Crippen MR) is 61.8 cm³/mol. The highest BCUT2D eigenvalue weighted by Crippen LogP contribution is 2.22. The summed E-state index contributed by atoms with van der Waals surface area (Å²) in [5, 5.41) is 7.42. The van der Waals surface area contributed by atoms with Crippen LogP contribution in [0.2, 0.25) is 0 Å². The van der Waals surface area contributed by atoms with E-state index in [1.165, 1.54) is 6.42 Å². The molecule has 3 rings (SSSR count). The van der Waals surface area contributed by atoms with Gasteiger partial charge in [0.05, 0.1) is 12.0 Å². The molecule has 5 heteroatoms. The Morgan fingerprint density at radius 1 is 1.29 bits per heavy atom. The molecule has 2 aliphatic heterocycles. The first-order chi connectivity index (χ1) is 8.42. The first kappa shape index (κ1) is 11.2. The van der Waals surface area contributed by atoms with Crippen molar-refractivity contribution < 1.29 is 9.26 Å². The summed E-state index contributed by atoms with van der Waals surface area (Å²) >= 11 is 0. The quantitative estimate of drug-likeness (QED) is 0.857. The summed E-state index contributed by atoms with van der Waals surface area (Å²) in [5.41, 5.74) is 0. The molecule has 0 aliphatic carbocycles. The van der Waals surface area contributed by atoms with Crippen LogP contribution >= 0.6 is 0 Å². The maximum Gasteiger partial charge on any atom is 0.231 e. The van der Waals surface area contributed by atoms with E-state index in [1.54, 1.807) is 0 Å². The molecule has 0 saturated carbocycles. The molecule has 1 aromatic heterocycles.